The number of rotatable bonds is 3. The van der Waals surface area contributed by atoms with Crippen LogP contribution in [0.5, 0.6) is 11.5 Å². The van der Waals surface area contributed by atoms with E-state index in [2.05, 4.69) is 0 Å². The molecule has 2 aromatic rings. The lowest BCUT2D eigenvalue weighted by Gasteiger charge is -2.21. The largest absolute Gasteiger partial charge is 0.489 e. The quantitative estimate of drug-likeness (QED) is 0.882. The molecule has 0 amide bonds. The van der Waals surface area contributed by atoms with Gasteiger partial charge in [-0.3, -0.25) is 0 Å². The van der Waals surface area contributed by atoms with E-state index in [4.69, 9.17) is 19.9 Å². The number of nitrogens with two attached hydrogens (primary N) is 1. The zero-order valence-corrected chi connectivity index (χ0v) is 11.7. The van der Waals surface area contributed by atoms with E-state index in [0.29, 0.717) is 30.2 Å². The van der Waals surface area contributed by atoms with E-state index in [1.165, 1.54) is 6.07 Å². The van der Waals surface area contributed by atoms with Crippen LogP contribution in [0.1, 0.15) is 16.7 Å². The van der Waals surface area contributed by atoms with Gasteiger partial charge in [-0.1, -0.05) is 0 Å². The summed E-state index contributed by atoms with van der Waals surface area (Å²) < 4.78 is 29.7. The molecule has 0 fully saturated rings. The SMILES string of the molecule is Cc1cc(OCc2cc(N)cc3c2OCOC3)ccc1F. The number of ether oxygens (including phenoxy) is 3. The van der Waals surface area contributed by atoms with Crippen molar-refractivity contribution in [1.82, 2.24) is 0 Å². The minimum Gasteiger partial charge on any atom is -0.489 e. The predicted octanol–water partition coefficient (Wildman–Crippen LogP) is 3.16. The van der Waals surface area contributed by atoms with Gasteiger partial charge in [0.1, 0.15) is 23.9 Å². The van der Waals surface area contributed by atoms with Crippen molar-refractivity contribution in [3.05, 3.63) is 52.8 Å². The standard InChI is InChI=1S/C16H16FNO3/c1-10-4-14(2-3-15(10)17)20-8-12-6-13(18)5-11-7-19-9-21-16(11)12/h2-6H,7-9,18H2,1H3. The summed E-state index contributed by atoms with van der Waals surface area (Å²) in [5.74, 6) is 1.12. The Bertz CT molecular complexity index is 673. The Kier molecular flexibility index (Phi) is 3.66. The van der Waals surface area contributed by atoms with Crippen molar-refractivity contribution in [2.24, 2.45) is 0 Å². The summed E-state index contributed by atoms with van der Waals surface area (Å²) >= 11 is 0. The molecule has 0 spiro atoms. The van der Waals surface area contributed by atoms with Crippen LogP contribution < -0.4 is 15.2 Å². The van der Waals surface area contributed by atoms with Gasteiger partial charge in [0.25, 0.3) is 0 Å². The number of hydrogen-bond donors (Lipinski definition) is 1. The average molecular weight is 289 g/mol. The van der Waals surface area contributed by atoms with Crippen molar-refractivity contribution in [2.75, 3.05) is 12.5 Å². The summed E-state index contributed by atoms with van der Waals surface area (Å²) in [5, 5.41) is 0. The first kappa shape index (κ1) is 13.7. The highest BCUT2D eigenvalue weighted by molar-refractivity contribution is 5.53. The maximum absolute atomic E-state index is 13.2. The third-order valence-electron chi connectivity index (χ3n) is 3.33. The van der Waals surface area contributed by atoms with Crippen LogP contribution in [-0.4, -0.2) is 6.79 Å². The summed E-state index contributed by atoms with van der Waals surface area (Å²) in [4.78, 5) is 0. The number of anilines is 1. The van der Waals surface area contributed by atoms with Gasteiger partial charge in [0.05, 0.1) is 6.61 Å². The molecule has 0 atom stereocenters. The van der Waals surface area contributed by atoms with E-state index in [-0.39, 0.29) is 12.6 Å². The second kappa shape index (κ2) is 5.61. The van der Waals surface area contributed by atoms with Crippen molar-refractivity contribution in [3.8, 4) is 11.5 Å². The maximum atomic E-state index is 13.2. The Morgan fingerprint density at radius 1 is 1.29 bits per heavy atom. The fraction of sp³-hybridized carbons (Fsp3) is 0.250. The highest BCUT2D eigenvalue weighted by atomic mass is 19.1. The van der Waals surface area contributed by atoms with Gasteiger partial charge < -0.3 is 19.9 Å². The van der Waals surface area contributed by atoms with Crippen LogP contribution in [0.2, 0.25) is 0 Å². The molecule has 0 aliphatic carbocycles. The molecular weight excluding hydrogens is 273 g/mol. The van der Waals surface area contributed by atoms with Gasteiger partial charge in [-0.15, -0.1) is 0 Å². The van der Waals surface area contributed by atoms with E-state index in [9.17, 15) is 4.39 Å². The highest BCUT2D eigenvalue weighted by Gasteiger charge is 2.16. The Morgan fingerprint density at radius 3 is 2.95 bits per heavy atom. The van der Waals surface area contributed by atoms with Gasteiger partial charge in [0.15, 0.2) is 6.79 Å². The molecule has 21 heavy (non-hydrogen) atoms. The molecule has 1 aliphatic heterocycles. The van der Waals surface area contributed by atoms with E-state index >= 15 is 0 Å². The van der Waals surface area contributed by atoms with Crippen molar-refractivity contribution in [2.45, 2.75) is 20.1 Å². The fourth-order valence-electron chi connectivity index (χ4n) is 2.30. The van der Waals surface area contributed by atoms with Gasteiger partial charge in [-0.05, 0) is 42.8 Å². The molecule has 0 bridgehead atoms. The second-order valence-electron chi connectivity index (χ2n) is 4.98. The second-order valence-corrected chi connectivity index (χ2v) is 4.98. The van der Waals surface area contributed by atoms with Crippen LogP contribution in [0, 0.1) is 12.7 Å². The van der Waals surface area contributed by atoms with Gasteiger partial charge in [-0.25, -0.2) is 4.39 Å². The Labute approximate surface area is 122 Å². The van der Waals surface area contributed by atoms with Gasteiger partial charge in [-0.2, -0.15) is 0 Å². The van der Waals surface area contributed by atoms with Crippen molar-refractivity contribution in [3.63, 3.8) is 0 Å². The van der Waals surface area contributed by atoms with Crippen LogP contribution in [0.3, 0.4) is 0 Å². The lowest BCUT2D eigenvalue weighted by Crippen LogP contribution is -2.14. The minimum atomic E-state index is -0.246. The maximum Gasteiger partial charge on any atom is 0.189 e. The molecule has 1 heterocycles. The molecule has 5 heteroatoms. The third-order valence-corrected chi connectivity index (χ3v) is 3.33. The smallest absolute Gasteiger partial charge is 0.189 e. The molecule has 2 N–H and O–H groups in total. The summed E-state index contributed by atoms with van der Waals surface area (Å²) in [6.07, 6.45) is 0. The number of halogens is 1. The van der Waals surface area contributed by atoms with E-state index in [1.54, 1.807) is 19.1 Å². The molecule has 2 aromatic carbocycles. The molecule has 4 nitrogen and oxygen atoms in total. The molecule has 0 saturated heterocycles. The Hall–Kier alpha value is -2.27. The van der Waals surface area contributed by atoms with Gasteiger partial charge >= 0.3 is 0 Å². The van der Waals surface area contributed by atoms with Crippen LogP contribution >= 0.6 is 0 Å². The monoisotopic (exact) mass is 289 g/mol. The van der Waals surface area contributed by atoms with Crippen LogP contribution in [-0.2, 0) is 18.0 Å². The zero-order chi connectivity index (χ0) is 14.8. The minimum absolute atomic E-state index is 0.222. The van der Waals surface area contributed by atoms with E-state index in [1.807, 2.05) is 12.1 Å². The summed E-state index contributed by atoms with van der Waals surface area (Å²) in [6, 6.07) is 8.31. The Morgan fingerprint density at radius 2 is 2.14 bits per heavy atom. The number of hydrogen-bond acceptors (Lipinski definition) is 4. The van der Waals surface area contributed by atoms with E-state index in [0.717, 1.165) is 16.9 Å². The topological polar surface area (TPSA) is 53.7 Å². The summed E-state index contributed by atoms with van der Waals surface area (Å²) in [7, 11) is 0. The highest BCUT2D eigenvalue weighted by Crippen LogP contribution is 2.31. The normalized spacial score (nSPS) is 13.4. The van der Waals surface area contributed by atoms with Crippen LogP contribution in [0.15, 0.2) is 30.3 Å². The van der Waals surface area contributed by atoms with Crippen LogP contribution in [0.25, 0.3) is 0 Å². The van der Waals surface area contributed by atoms with Crippen molar-refractivity contribution in [1.29, 1.82) is 0 Å². The first-order valence-corrected chi connectivity index (χ1v) is 6.64. The van der Waals surface area contributed by atoms with Gasteiger partial charge in [0, 0.05) is 16.8 Å². The van der Waals surface area contributed by atoms with Crippen molar-refractivity contribution < 1.29 is 18.6 Å². The molecule has 0 aromatic heterocycles. The number of nitrogen functional groups attached to an aromatic ring is 1. The molecule has 3 rings (SSSR count). The molecule has 0 saturated carbocycles. The third kappa shape index (κ3) is 2.92. The Balaban J connectivity index is 1.81. The van der Waals surface area contributed by atoms with Gasteiger partial charge in [0.2, 0.25) is 0 Å². The lowest BCUT2D eigenvalue weighted by atomic mass is 10.1. The fourth-order valence-corrected chi connectivity index (χ4v) is 2.30. The summed E-state index contributed by atoms with van der Waals surface area (Å²) in [5.41, 5.74) is 8.83. The predicted molar refractivity (Wildman–Crippen MR) is 76.6 cm³/mol. The average Bonchev–Trinajstić information content (AvgIpc) is 2.48. The summed E-state index contributed by atoms with van der Waals surface area (Å²) in [6.45, 7) is 2.70. The molecule has 0 unspecified atom stereocenters. The van der Waals surface area contributed by atoms with Crippen molar-refractivity contribution >= 4 is 5.69 Å². The molecular formula is C16H16FNO3. The molecule has 110 valence electrons. The zero-order valence-electron chi connectivity index (χ0n) is 11.7. The molecule has 1 aliphatic rings. The number of aryl methyl sites for hydroxylation is 1. The molecule has 0 radical (unpaired) electrons. The van der Waals surface area contributed by atoms with E-state index < -0.39 is 0 Å². The first-order chi connectivity index (χ1) is 10.1. The first-order valence-electron chi connectivity index (χ1n) is 6.64. The lowest BCUT2D eigenvalue weighted by molar-refractivity contribution is -0.0175. The van der Waals surface area contributed by atoms with Crippen LogP contribution in [0.4, 0.5) is 10.1 Å². The number of benzene rings is 2. The number of fused-ring (bicyclic) bond motifs is 1.